The minimum Gasteiger partial charge on any atom is -0.351 e. The van der Waals surface area contributed by atoms with Crippen LogP contribution in [0.2, 0.25) is 5.02 Å². The van der Waals surface area contributed by atoms with Gasteiger partial charge in [0, 0.05) is 22.0 Å². The quantitative estimate of drug-likeness (QED) is 0.629. The van der Waals surface area contributed by atoms with Gasteiger partial charge >= 0.3 is 0 Å². The van der Waals surface area contributed by atoms with Gasteiger partial charge in [-0.3, -0.25) is 9.59 Å². The Bertz CT molecular complexity index is 736. The second kappa shape index (κ2) is 8.13. The summed E-state index contributed by atoms with van der Waals surface area (Å²) in [7, 11) is 0. The Morgan fingerprint density at radius 1 is 1.22 bits per heavy atom. The standard InChI is InChI=1S/C17H15ClFNO2S/c1-11(21)13-5-6-16(15(19)8-13)23-10-17(22)20-9-12-3-2-4-14(18)7-12/h2-8H,9-10H2,1H3,(H,20,22). The normalized spacial score (nSPS) is 10.4. The van der Waals surface area contributed by atoms with Crippen LogP contribution >= 0.6 is 23.4 Å². The highest BCUT2D eigenvalue weighted by Gasteiger charge is 2.09. The van der Waals surface area contributed by atoms with E-state index in [0.29, 0.717) is 22.0 Å². The second-order valence-electron chi connectivity index (χ2n) is 4.90. The third kappa shape index (κ3) is 5.37. The summed E-state index contributed by atoms with van der Waals surface area (Å²) in [6, 6.07) is 11.5. The lowest BCUT2D eigenvalue weighted by molar-refractivity contribution is -0.118. The molecule has 0 aliphatic heterocycles. The molecule has 6 heteroatoms. The fourth-order valence-electron chi connectivity index (χ4n) is 1.88. The molecule has 0 heterocycles. The second-order valence-corrected chi connectivity index (χ2v) is 6.35. The monoisotopic (exact) mass is 351 g/mol. The molecule has 2 aromatic rings. The largest absolute Gasteiger partial charge is 0.351 e. The molecule has 23 heavy (non-hydrogen) atoms. The number of benzene rings is 2. The zero-order valence-corrected chi connectivity index (χ0v) is 14.0. The maximum atomic E-state index is 13.8. The van der Waals surface area contributed by atoms with E-state index in [2.05, 4.69) is 5.32 Å². The lowest BCUT2D eigenvalue weighted by Crippen LogP contribution is -2.24. The van der Waals surface area contributed by atoms with Gasteiger partial charge in [0.05, 0.1) is 5.75 Å². The smallest absolute Gasteiger partial charge is 0.230 e. The van der Waals surface area contributed by atoms with Gasteiger partial charge in [-0.2, -0.15) is 0 Å². The summed E-state index contributed by atoms with van der Waals surface area (Å²) in [5, 5.41) is 3.36. The molecular weight excluding hydrogens is 337 g/mol. The molecule has 1 N–H and O–H groups in total. The van der Waals surface area contributed by atoms with E-state index in [9.17, 15) is 14.0 Å². The number of halogens is 2. The van der Waals surface area contributed by atoms with Crippen LogP contribution in [0.25, 0.3) is 0 Å². The van der Waals surface area contributed by atoms with Crippen molar-refractivity contribution in [3.8, 4) is 0 Å². The topological polar surface area (TPSA) is 46.2 Å². The lowest BCUT2D eigenvalue weighted by atomic mass is 10.1. The summed E-state index contributed by atoms with van der Waals surface area (Å²) in [5.74, 6) is -0.799. The van der Waals surface area contributed by atoms with E-state index in [4.69, 9.17) is 11.6 Å². The summed E-state index contributed by atoms with van der Waals surface area (Å²) < 4.78 is 13.8. The number of ketones is 1. The highest BCUT2D eigenvalue weighted by molar-refractivity contribution is 8.00. The third-order valence-electron chi connectivity index (χ3n) is 3.08. The third-order valence-corrected chi connectivity index (χ3v) is 4.36. The van der Waals surface area contributed by atoms with Gasteiger partial charge in [-0.15, -0.1) is 11.8 Å². The Hall–Kier alpha value is -1.85. The van der Waals surface area contributed by atoms with Crippen molar-refractivity contribution in [3.63, 3.8) is 0 Å². The molecule has 3 nitrogen and oxygen atoms in total. The van der Waals surface area contributed by atoms with Crippen LogP contribution in [-0.2, 0) is 11.3 Å². The summed E-state index contributed by atoms with van der Waals surface area (Å²) in [6.45, 7) is 1.75. The molecule has 0 unspecified atom stereocenters. The Morgan fingerprint density at radius 2 is 2.00 bits per heavy atom. The molecule has 2 rings (SSSR count). The number of Topliss-reactive ketones (excluding diaryl/α,β-unsaturated/α-hetero) is 1. The summed E-state index contributed by atoms with van der Waals surface area (Å²) in [6.07, 6.45) is 0. The first kappa shape index (κ1) is 17.5. The van der Waals surface area contributed by atoms with Crippen LogP contribution in [0.4, 0.5) is 4.39 Å². The number of hydrogen-bond donors (Lipinski definition) is 1. The minimum atomic E-state index is -0.495. The molecule has 1 amide bonds. The first-order valence-electron chi connectivity index (χ1n) is 6.90. The van der Waals surface area contributed by atoms with E-state index in [1.807, 2.05) is 12.1 Å². The summed E-state index contributed by atoms with van der Waals surface area (Å²) >= 11 is 6.96. The highest BCUT2D eigenvalue weighted by atomic mass is 35.5. The lowest BCUT2D eigenvalue weighted by Gasteiger charge is -2.07. The van der Waals surface area contributed by atoms with Crippen molar-refractivity contribution in [1.29, 1.82) is 0 Å². The van der Waals surface area contributed by atoms with Crippen molar-refractivity contribution in [3.05, 3.63) is 64.4 Å². The molecule has 0 bridgehead atoms. The van der Waals surface area contributed by atoms with Crippen molar-refractivity contribution >= 4 is 35.1 Å². The first-order valence-corrected chi connectivity index (χ1v) is 8.26. The number of hydrogen-bond acceptors (Lipinski definition) is 3. The maximum absolute atomic E-state index is 13.8. The average molecular weight is 352 g/mol. The van der Waals surface area contributed by atoms with Gasteiger partial charge in [-0.25, -0.2) is 4.39 Å². The van der Waals surface area contributed by atoms with Crippen LogP contribution < -0.4 is 5.32 Å². The van der Waals surface area contributed by atoms with Gasteiger partial charge in [0.2, 0.25) is 5.91 Å². The molecule has 0 aliphatic carbocycles. The molecule has 0 aromatic heterocycles. The van der Waals surface area contributed by atoms with Gasteiger partial charge in [-0.1, -0.05) is 29.8 Å². The average Bonchev–Trinajstić information content (AvgIpc) is 2.51. The van der Waals surface area contributed by atoms with Crippen LogP contribution in [0.3, 0.4) is 0 Å². The van der Waals surface area contributed by atoms with E-state index in [1.165, 1.54) is 19.1 Å². The van der Waals surface area contributed by atoms with Crippen molar-refractivity contribution in [2.45, 2.75) is 18.4 Å². The van der Waals surface area contributed by atoms with E-state index in [1.54, 1.807) is 18.2 Å². The fourth-order valence-corrected chi connectivity index (χ4v) is 2.84. The molecule has 2 aromatic carbocycles. The Morgan fingerprint density at radius 3 is 2.65 bits per heavy atom. The van der Waals surface area contributed by atoms with E-state index in [0.717, 1.165) is 17.3 Å². The van der Waals surface area contributed by atoms with Crippen LogP contribution in [0.15, 0.2) is 47.4 Å². The van der Waals surface area contributed by atoms with Crippen molar-refractivity contribution in [2.24, 2.45) is 0 Å². The Labute approximate surface area is 143 Å². The highest BCUT2D eigenvalue weighted by Crippen LogP contribution is 2.22. The zero-order valence-electron chi connectivity index (χ0n) is 12.4. The number of carbonyl (C=O) groups excluding carboxylic acids is 2. The van der Waals surface area contributed by atoms with Crippen molar-refractivity contribution in [2.75, 3.05) is 5.75 Å². The zero-order chi connectivity index (χ0) is 16.8. The minimum absolute atomic E-state index is 0.0942. The maximum Gasteiger partial charge on any atom is 0.230 e. The van der Waals surface area contributed by atoms with E-state index >= 15 is 0 Å². The first-order chi connectivity index (χ1) is 11.0. The number of amides is 1. The molecule has 0 saturated carbocycles. The molecule has 0 saturated heterocycles. The summed E-state index contributed by atoms with van der Waals surface area (Å²) in [4.78, 5) is 23.3. The van der Waals surface area contributed by atoms with Crippen LogP contribution in [0.5, 0.6) is 0 Å². The molecule has 0 fully saturated rings. The Kier molecular flexibility index (Phi) is 6.19. The molecule has 0 aliphatic rings. The van der Waals surface area contributed by atoms with Crippen LogP contribution in [0, 0.1) is 5.82 Å². The van der Waals surface area contributed by atoms with Crippen LogP contribution in [0.1, 0.15) is 22.8 Å². The summed E-state index contributed by atoms with van der Waals surface area (Å²) in [5.41, 5.74) is 1.21. The van der Waals surface area contributed by atoms with Gasteiger partial charge in [0.15, 0.2) is 5.78 Å². The number of nitrogens with one attached hydrogen (secondary N) is 1. The number of rotatable bonds is 6. The molecule has 120 valence electrons. The number of thioether (sulfide) groups is 1. The van der Waals surface area contributed by atoms with Gasteiger partial charge in [-0.05, 0) is 36.8 Å². The van der Waals surface area contributed by atoms with Crippen molar-refractivity contribution in [1.82, 2.24) is 5.32 Å². The predicted molar refractivity (Wildman–Crippen MR) is 90.4 cm³/mol. The predicted octanol–water partition coefficient (Wildman–Crippen LogP) is 4.09. The molecule has 0 spiro atoms. The SMILES string of the molecule is CC(=O)c1ccc(SCC(=O)NCc2cccc(Cl)c2)c(F)c1. The number of carbonyl (C=O) groups is 2. The van der Waals surface area contributed by atoms with Crippen LogP contribution in [-0.4, -0.2) is 17.4 Å². The van der Waals surface area contributed by atoms with Gasteiger partial charge in [0.25, 0.3) is 0 Å². The van der Waals surface area contributed by atoms with Gasteiger partial charge < -0.3 is 5.32 Å². The Balaban J connectivity index is 1.86. The fraction of sp³-hybridized carbons (Fsp3) is 0.176. The molecule has 0 radical (unpaired) electrons. The molecule has 0 atom stereocenters. The van der Waals surface area contributed by atoms with Crippen molar-refractivity contribution < 1.29 is 14.0 Å². The van der Waals surface area contributed by atoms with E-state index in [-0.39, 0.29) is 17.4 Å². The van der Waals surface area contributed by atoms with E-state index < -0.39 is 5.82 Å². The molecular formula is C17H15ClFNO2S. The van der Waals surface area contributed by atoms with Gasteiger partial charge in [0.1, 0.15) is 5.82 Å².